The van der Waals surface area contributed by atoms with E-state index in [-0.39, 0.29) is 12.3 Å². The number of hydrogen-bond donors (Lipinski definition) is 0. The molecule has 2 nitrogen and oxygen atoms in total. The van der Waals surface area contributed by atoms with Crippen molar-refractivity contribution in [2.75, 3.05) is 13.1 Å². The van der Waals surface area contributed by atoms with Gasteiger partial charge in [0.25, 0.3) is 0 Å². The molecule has 0 spiro atoms. The Kier molecular flexibility index (Phi) is 4.23. The second kappa shape index (κ2) is 5.70. The van der Waals surface area contributed by atoms with Crippen molar-refractivity contribution < 1.29 is 9.18 Å². The van der Waals surface area contributed by atoms with Gasteiger partial charge in [0.15, 0.2) is 0 Å². The molecule has 98 valence electrons. The highest BCUT2D eigenvalue weighted by molar-refractivity contribution is 6.31. The van der Waals surface area contributed by atoms with Crippen LogP contribution in [0.25, 0.3) is 0 Å². The summed E-state index contributed by atoms with van der Waals surface area (Å²) in [7, 11) is 0. The van der Waals surface area contributed by atoms with Crippen molar-refractivity contribution in [1.82, 2.24) is 4.90 Å². The highest BCUT2D eigenvalue weighted by atomic mass is 35.5. The first-order chi connectivity index (χ1) is 8.58. The Bertz CT molecular complexity index is 429. The van der Waals surface area contributed by atoms with Crippen LogP contribution in [0.3, 0.4) is 0 Å². The fraction of sp³-hybridized carbons (Fsp3) is 0.500. The van der Waals surface area contributed by atoms with Gasteiger partial charge in [-0.15, -0.1) is 0 Å². The predicted molar refractivity (Wildman–Crippen MR) is 70.1 cm³/mol. The Morgan fingerprint density at radius 1 is 1.56 bits per heavy atom. The van der Waals surface area contributed by atoms with E-state index in [9.17, 15) is 9.18 Å². The number of likely N-dealkylation sites (tertiary alicyclic amines) is 1. The fourth-order valence-corrected chi connectivity index (χ4v) is 2.61. The van der Waals surface area contributed by atoms with Crippen molar-refractivity contribution in [3.63, 3.8) is 0 Å². The van der Waals surface area contributed by atoms with Gasteiger partial charge in [0.05, 0.1) is 6.42 Å². The van der Waals surface area contributed by atoms with Gasteiger partial charge < -0.3 is 4.90 Å². The standard InChI is InChI=1S/C14H17ClFNO/c1-10-4-3-7-17(9-10)14(18)8-11-12(15)5-2-6-13(11)16/h2,5-6,10H,3-4,7-9H2,1H3/t10-/m1/s1. The highest BCUT2D eigenvalue weighted by Gasteiger charge is 2.22. The molecule has 0 aliphatic carbocycles. The first kappa shape index (κ1) is 13.3. The Hall–Kier alpha value is -1.09. The summed E-state index contributed by atoms with van der Waals surface area (Å²) in [6, 6.07) is 4.51. The minimum atomic E-state index is -0.402. The Morgan fingerprint density at radius 2 is 2.33 bits per heavy atom. The van der Waals surface area contributed by atoms with Crippen LogP contribution >= 0.6 is 11.6 Å². The van der Waals surface area contributed by atoms with E-state index in [0.29, 0.717) is 16.5 Å². The van der Waals surface area contributed by atoms with Crippen molar-refractivity contribution in [2.45, 2.75) is 26.2 Å². The predicted octanol–water partition coefficient (Wildman–Crippen LogP) is 3.28. The van der Waals surface area contributed by atoms with Crippen LogP contribution < -0.4 is 0 Å². The topological polar surface area (TPSA) is 20.3 Å². The summed E-state index contributed by atoms with van der Waals surface area (Å²) in [6.45, 7) is 3.68. The van der Waals surface area contributed by atoms with Crippen LogP contribution in [0.2, 0.25) is 5.02 Å². The largest absolute Gasteiger partial charge is 0.342 e. The van der Waals surface area contributed by atoms with Crippen molar-refractivity contribution >= 4 is 17.5 Å². The molecule has 18 heavy (non-hydrogen) atoms. The zero-order valence-electron chi connectivity index (χ0n) is 10.5. The van der Waals surface area contributed by atoms with Crippen LogP contribution in [0.1, 0.15) is 25.3 Å². The SMILES string of the molecule is C[C@@H]1CCCN(C(=O)Cc2c(F)cccc2Cl)C1. The van der Waals surface area contributed by atoms with E-state index in [1.165, 1.54) is 6.07 Å². The zero-order chi connectivity index (χ0) is 13.1. The summed E-state index contributed by atoms with van der Waals surface area (Å²) in [5.74, 6) is 0.0910. The molecule has 1 fully saturated rings. The van der Waals surface area contributed by atoms with E-state index >= 15 is 0 Å². The first-order valence-corrected chi connectivity index (χ1v) is 6.66. The van der Waals surface area contributed by atoms with E-state index in [2.05, 4.69) is 6.92 Å². The molecular weight excluding hydrogens is 253 g/mol. The lowest BCUT2D eigenvalue weighted by molar-refractivity contribution is -0.132. The third kappa shape index (κ3) is 3.02. The molecule has 1 amide bonds. The lowest BCUT2D eigenvalue weighted by atomic mass is 9.99. The number of carbonyl (C=O) groups is 1. The van der Waals surface area contributed by atoms with Gasteiger partial charge in [-0.3, -0.25) is 4.79 Å². The maximum absolute atomic E-state index is 13.6. The molecule has 1 atom stereocenters. The van der Waals surface area contributed by atoms with Crippen LogP contribution in [0, 0.1) is 11.7 Å². The fourth-order valence-electron chi connectivity index (χ4n) is 2.38. The van der Waals surface area contributed by atoms with Gasteiger partial charge in [-0.1, -0.05) is 24.6 Å². The lowest BCUT2D eigenvalue weighted by Crippen LogP contribution is -2.40. The molecule has 1 aromatic carbocycles. The number of carbonyl (C=O) groups excluding carboxylic acids is 1. The lowest BCUT2D eigenvalue weighted by Gasteiger charge is -2.31. The molecule has 0 unspecified atom stereocenters. The number of hydrogen-bond acceptors (Lipinski definition) is 1. The van der Waals surface area contributed by atoms with E-state index in [4.69, 9.17) is 11.6 Å². The van der Waals surface area contributed by atoms with Gasteiger partial charge in [0, 0.05) is 23.7 Å². The average Bonchev–Trinajstić information content (AvgIpc) is 2.34. The second-order valence-corrected chi connectivity index (χ2v) is 5.37. The number of benzene rings is 1. The van der Waals surface area contributed by atoms with Crippen molar-refractivity contribution in [3.05, 3.63) is 34.6 Å². The minimum absolute atomic E-state index is 0.0337. The third-order valence-corrected chi connectivity index (χ3v) is 3.75. The monoisotopic (exact) mass is 269 g/mol. The van der Waals surface area contributed by atoms with Gasteiger partial charge in [-0.25, -0.2) is 4.39 Å². The second-order valence-electron chi connectivity index (χ2n) is 4.96. The van der Waals surface area contributed by atoms with Crippen molar-refractivity contribution in [2.24, 2.45) is 5.92 Å². The zero-order valence-corrected chi connectivity index (χ0v) is 11.2. The van der Waals surface area contributed by atoms with Gasteiger partial charge in [-0.05, 0) is 30.9 Å². The summed E-state index contributed by atoms with van der Waals surface area (Å²) in [5, 5.41) is 0.327. The Balaban J connectivity index is 2.07. The normalized spacial score (nSPS) is 19.9. The molecule has 0 N–H and O–H groups in total. The maximum atomic E-state index is 13.6. The number of piperidine rings is 1. The van der Waals surface area contributed by atoms with Crippen LogP contribution in [0.15, 0.2) is 18.2 Å². The molecule has 1 aliphatic heterocycles. The molecular formula is C14H17ClFNO. The first-order valence-electron chi connectivity index (χ1n) is 6.28. The summed E-state index contributed by atoms with van der Waals surface area (Å²) < 4.78 is 13.6. The van der Waals surface area contributed by atoms with Gasteiger partial charge in [-0.2, -0.15) is 0 Å². The molecule has 0 radical (unpaired) electrons. The molecule has 0 bridgehead atoms. The maximum Gasteiger partial charge on any atom is 0.227 e. The molecule has 0 aromatic heterocycles. The highest BCUT2D eigenvalue weighted by Crippen LogP contribution is 2.22. The van der Waals surface area contributed by atoms with Crippen molar-refractivity contribution in [3.8, 4) is 0 Å². The van der Waals surface area contributed by atoms with E-state index in [0.717, 1.165) is 25.9 Å². The summed E-state index contributed by atoms with van der Waals surface area (Å²) in [6.07, 6.45) is 2.24. The molecule has 1 aromatic rings. The molecule has 1 heterocycles. The Labute approximate surface area is 112 Å². The van der Waals surface area contributed by atoms with Gasteiger partial charge >= 0.3 is 0 Å². The quantitative estimate of drug-likeness (QED) is 0.807. The molecule has 4 heteroatoms. The smallest absolute Gasteiger partial charge is 0.227 e. The minimum Gasteiger partial charge on any atom is -0.342 e. The molecule has 2 rings (SSSR count). The summed E-state index contributed by atoms with van der Waals surface area (Å²) in [5.41, 5.74) is 0.308. The number of nitrogens with zero attached hydrogens (tertiary/aromatic N) is 1. The number of amides is 1. The molecule has 1 aliphatic rings. The van der Waals surface area contributed by atoms with E-state index in [1.807, 2.05) is 4.90 Å². The Morgan fingerprint density at radius 3 is 3.00 bits per heavy atom. The van der Waals surface area contributed by atoms with E-state index in [1.54, 1.807) is 12.1 Å². The van der Waals surface area contributed by atoms with Crippen molar-refractivity contribution in [1.29, 1.82) is 0 Å². The van der Waals surface area contributed by atoms with E-state index < -0.39 is 5.82 Å². The number of rotatable bonds is 2. The van der Waals surface area contributed by atoms with Gasteiger partial charge in [0.2, 0.25) is 5.91 Å². The van der Waals surface area contributed by atoms with Crippen LogP contribution in [-0.4, -0.2) is 23.9 Å². The summed E-state index contributed by atoms with van der Waals surface area (Å²) >= 11 is 5.93. The summed E-state index contributed by atoms with van der Waals surface area (Å²) in [4.78, 5) is 13.9. The van der Waals surface area contributed by atoms with Crippen LogP contribution in [0.4, 0.5) is 4.39 Å². The molecule has 1 saturated heterocycles. The number of halogens is 2. The third-order valence-electron chi connectivity index (χ3n) is 3.40. The van der Waals surface area contributed by atoms with Gasteiger partial charge in [0.1, 0.15) is 5.82 Å². The average molecular weight is 270 g/mol. The molecule has 0 saturated carbocycles. The van der Waals surface area contributed by atoms with Crippen LogP contribution in [-0.2, 0) is 11.2 Å². The van der Waals surface area contributed by atoms with Crippen LogP contribution in [0.5, 0.6) is 0 Å².